The maximum Gasteiger partial charge on any atom is 0.155 e. The molecular formula is C12H20ClN3. The zero-order valence-electron chi connectivity index (χ0n) is 10.7. The third kappa shape index (κ3) is 2.46. The normalized spacial score (nSPS) is 12.6. The van der Waals surface area contributed by atoms with E-state index in [9.17, 15) is 0 Å². The fraction of sp³-hybridized carbons (Fsp3) is 0.667. The summed E-state index contributed by atoms with van der Waals surface area (Å²) in [4.78, 5) is 2.27. The largest absolute Gasteiger partial charge is 0.352 e. The summed E-state index contributed by atoms with van der Waals surface area (Å²) < 4.78 is 0. The molecule has 0 amide bonds. The number of halogens is 1. The van der Waals surface area contributed by atoms with Gasteiger partial charge in [-0.25, -0.2) is 0 Å². The first kappa shape index (κ1) is 13.2. The van der Waals surface area contributed by atoms with Crippen LogP contribution in [0.15, 0.2) is 0 Å². The van der Waals surface area contributed by atoms with Crippen LogP contribution in [-0.4, -0.2) is 22.8 Å². The van der Waals surface area contributed by atoms with Crippen molar-refractivity contribution in [1.82, 2.24) is 10.2 Å². The highest BCUT2D eigenvalue weighted by molar-refractivity contribution is 6.30. The van der Waals surface area contributed by atoms with Crippen LogP contribution in [0.2, 0.25) is 5.15 Å². The topological polar surface area (TPSA) is 29.0 Å². The molecule has 0 saturated heterocycles. The van der Waals surface area contributed by atoms with Gasteiger partial charge in [0.1, 0.15) is 0 Å². The van der Waals surface area contributed by atoms with Gasteiger partial charge in [0.25, 0.3) is 0 Å². The zero-order chi connectivity index (χ0) is 12.3. The SMILES string of the molecule is CCC(C)N(CC)c1nnc(Cl)c(C)c1C. The summed E-state index contributed by atoms with van der Waals surface area (Å²) in [6.45, 7) is 11.5. The van der Waals surface area contributed by atoms with Crippen LogP contribution in [0.1, 0.15) is 38.3 Å². The van der Waals surface area contributed by atoms with Gasteiger partial charge in [0.15, 0.2) is 11.0 Å². The smallest absolute Gasteiger partial charge is 0.155 e. The van der Waals surface area contributed by atoms with E-state index in [1.165, 1.54) is 0 Å². The monoisotopic (exact) mass is 241 g/mol. The van der Waals surface area contributed by atoms with Crippen molar-refractivity contribution in [2.45, 2.75) is 47.1 Å². The Kier molecular flexibility index (Phi) is 4.54. The Morgan fingerprint density at radius 2 is 1.81 bits per heavy atom. The second-order valence-corrected chi connectivity index (χ2v) is 4.47. The van der Waals surface area contributed by atoms with Crippen LogP contribution >= 0.6 is 11.6 Å². The van der Waals surface area contributed by atoms with Crippen LogP contribution in [0.3, 0.4) is 0 Å². The molecule has 1 rings (SSSR count). The standard InChI is InChI=1S/C12H20ClN3/c1-6-8(3)16(7-2)12-10(5)9(4)11(13)14-15-12/h8H,6-7H2,1-5H3. The average molecular weight is 242 g/mol. The van der Waals surface area contributed by atoms with Crippen molar-refractivity contribution in [3.63, 3.8) is 0 Å². The highest BCUT2D eigenvalue weighted by Gasteiger charge is 2.17. The first-order chi connectivity index (χ1) is 7.52. The van der Waals surface area contributed by atoms with E-state index in [4.69, 9.17) is 11.6 Å². The van der Waals surface area contributed by atoms with Crippen LogP contribution in [0.25, 0.3) is 0 Å². The van der Waals surface area contributed by atoms with Crippen LogP contribution in [0, 0.1) is 13.8 Å². The predicted octanol–water partition coefficient (Wildman–Crippen LogP) is 3.37. The predicted molar refractivity (Wildman–Crippen MR) is 69.3 cm³/mol. The first-order valence-corrected chi connectivity index (χ1v) is 6.16. The van der Waals surface area contributed by atoms with Gasteiger partial charge in [-0.1, -0.05) is 18.5 Å². The van der Waals surface area contributed by atoms with Crippen LogP contribution in [0.5, 0.6) is 0 Å². The van der Waals surface area contributed by atoms with Gasteiger partial charge in [-0.15, -0.1) is 10.2 Å². The number of rotatable bonds is 4. The summed E-state index contributed by atoms with van der Waals surface area (Å²) in [6, 6.07) is 0.471. The maximum atomic E-state index is 5.96. The van der Waals surface area contributed by atoms with E-state index >= 15 is 0 Å². The molecule has 0 radical (unpaired) electrons. The van der Waals surface area contributed by atoms with Crippen molar-refractivity contribution >= 4 is 17.4 Å². The molecular weight excluding hydrogens is 222 g/mol. The molecule has 0 bridgehead atoms. The second-order valence-electron chi connectivity index (χ2n) is 4.11. The minimum atomic E-state index is 0.471. The molecule has 90 valence electrons. The van der Waals surface area contributed by atoms with E-state index < -0.39 is 0 Å². The Morgan fingerprint density at radius 1 is 1.19 bits per heavy atom. The minimum absolute atomic E-state index is 0.471. The molecule has 1 aromatic rings. The molecule has 0 aliphatic rings. The number of aromatic nitrogens is 2. The molecule has 0 aliphatic heterocycles. The molecule has 0 aromatic carbocycles. The Hall–Kier alpha value is -0.830. The number of anilines is 1. The summed E-state index contributed by atoms with van der Waals surface area (Å²) in [5.74, 6) is 0.957. The minimum Gasteiger partial charge on any atom is -0.352 e. The maximum absolute atomic E-state index is 5.96. The number of hydrogen-bond donors (Lipinski definition) is 0. The lowest BCUT2D eigenvalue weighted by molar-refractivity contribution is 0.616. The Morgan fingerprint density at radius 3 is 2.31 bits per heavy atom. The molecule has 3 nitrogen and oxygen atoms in total. The first-order valence-electron chi connectivity index (χ1n) is 5.78. The highest BCUT2D eigenvalue weighted by Crippen LogP contribution is 2.25. The molecule has 0 saturated carbocycles. The number of nitrogens with zero attached hydrogens (tertiary/aromatic N) is 3. The van der Waals surface area contributed by atoms with Gasteiger partial charge in [0, 0.05) is 12.6 Å². The molecule has 0 aliphatic carbocycles. The lowest BCUT2D eigenvalue weighted by atomic mass is 10.1. The van der Waals surface area contributed by atoms with Gasteiger partial charge >= 0.3 is 0 Å². The van der Waals surface area contributed by atoms with E-state index in [1.807, 2.05) is 6.92 Å². The Bertz CT molecular complexity index is 366. The highest BCUT2D eigenvalue weighted by atomic mass is 35.5. The summed E-state index contributed by atoms with van der Waals surface area (Å²) in [7, 11) is 0. The number of hydrogen-bond acceptors (Lipinski definition) is 3. The molecule has 0 fully saturated rings. The van der Waals surface area contributed by atoms with Crippen molar-refractivity contribution < 1.29 is 0 Å². The van der Waals surface area contributed by atoms with Gasteiger partial charge in [-0.05, 0) is 45.2 Å². The summed E-state index contributed by atoms with van der Waals surface area (Å²) in [6.07, 6.45) is 1.09. The lowest BCUT2D eigenvalue weighted by Crippen LogP contribution is -2.34. The molecule has 16 heavy (non-hydrogen) atoms. The molecule has 0 N–H and O–H groups in total. The van der Waals surface area contributed by atoms with Gasteiger partial charge in [-0.2, -0.15) is 0 Å². The fourth-order valence-corrected chi connectivity index (χ4v) is 1.91. The van der Waals surface area contributed by atoms with Crippen LogP contribution in [-0.2, 0) is 0 Å². The fourth-order valence-electron chi connectivity index (χ4n) is 1.73. The third-order valence-corrected chi connectivity index (χ3v) is 3.53. The second kappa shape index (κ2) is 5.48. The van der Waals surface area contributed by atoms with Crippen molar-refractivity contribution in [1.29, 1.82) is 0 Å². The Balaban J connectivity index is 3.16. The third-order valence-electron chi connectivity index (χ3n) is 3.18. The summed E-state index contributed by atoms with van der Waals surface area (Å²) in [5.41, 5.74) is 2.15. The van der Waals surface area contributed by atoms with Crippen molar-refractivity contribution in [3.05, 3.63) is 16.3 Å². The van der Waals surface area contributed by atoms with Crippen LogP contribution in [0.4, 0.5) is 5.82 Å². The average Bonchev–Trinajstić information content (AvgIpc) is 2.29. The van der Waals surface area contributed by atoms with E-state index in [1.54, 1.807) is 0 Å². The Labute approximate surface area is 103 Å². The van der Waals surface area contributed by atoms with Crippen LogP contribution < -0.4 is 4.90 Å². The van der Waals surface area contributed by atoms with E-state index in [-0.39, 0.29) is 0 Å². The van der Waals surface area contributed by atoms with Gasteiger partial charge in [0.2, 0.25) is 0 Å². The van der Waals surface area contributed by atoms with Gasteiger partial charge < -0.3 is 4.90 Å². The quantitative estimate of drug-likeness (QED) is 0.809. The van der Waals surface area contributed by atoms with Crippen molar-refractivity contribution in [2.24, 2.45) is 0 Å². The lowest BCUT2D eigenvalue weighted by Gasteiger charge is -2.29. The van der Waals surface area contributed by atoms with E-state index in [0.717, 1.165) is 29.9 Å². The molecule has 1 aromatic heterocycles. The molecule has 1 atom stereocenters. The molecule has 1 heterocycles. The van der Waals surface area contributed by atoms with Crippen molar-refractivity contribution in [2.75, 3.05) is 11.4 Å². The van der Waals surface area contributed by atoms with Gasteiger partial charge in [0.05, 0.1) is 0 Å². The van der Waals surface area contributed by atoms with E-state index in [0.29, 0.717) is 11.2 Å². The molecule has 4 heteroatoms. The van der Waals surface area contributed by atoms with Crippen molar-refractivity contribution in [3.8, 4) is 0 Å². The van der Waals surface area contributed by atoms with E-state index in [2.05, 4.69) is 42.8 Å². The zero-order valence-corrected chi connectivity index (χ0v) is 11.5. The summed E-state index contributed by atoms with van der Waals surface area (Å²) in [5, 5.41) is 8.72. The molecule has 0 spiro atoms. The molecule has 1 unspecified atom stereocenters. The van der Waals surface area contributed by atoms with Gasteiger partial charge in [-0.3, -0.25) is 0 Å². The summed E-state index contributed by atoms with van der Waals surface area (Å²) >= 11 is 5.96.